The van der Waals surface area contributed by atoms with Gasteiger partial charge in [-0.15, -0.1) is 13.2 Å². The summed E-state index contributed by atoms with van der Waals surface area (Å²) in [5.41, 5.74) is 8.24. The summed E-state index contributed by atoms with van der Waals surface area (Å²) < 4.78 is 86.2. The second kappa shape index (κ2) is 41.3. The van der Waals surface area contributed by atoms with E-state index in [1.54, 1.807) is 12.4 Å². The van der Waals surface area contributed by atoms with Gasteiger partial charge in [-0.25, -0.2) is 15.0 Å². The van der Waals surface area contributed by atoms with Gasteiger partial charge in [0.15, 0.2) is 0 Å². The number of pyridine rings is 5. The largest absolute Gasteiger partial charge is 0.493 e. The van der Waals surface area contributed by atoms with E-state index in [0.29, 0.717) is 157 Å². The molecule has 0 atom stereocenters. The smallest absolute Gasteiger partial charge is 0.137 e. The lowest BCUT2D eigenvalue weighted by molar-refractivity contribution is 0.00499. The Morgan fingerprint density at radius 3 is 0.788 bits per heavy atom. The molecule has 0 radical (unpaired) electrons. The summed E-state index contributed by atoms with van der Waals surface area (Å²) in [4.78, 5) is 24.1. The van der Waals surface area contributed by atoms with Gasteiger partial charge in [0.05, 0.1) is 163 Å². The van der Waals surface area contributed by atoms with Crippen LogP contribution in [0.2, 0.25) is 0 Å². The lowest BCUT2D eigenvalue weighted by Crippen LogP contribution is -2.14. The van der Waals surface area contributed by atoms with Crippen molar-refractivity contribution in [2.24, 2.45) is 0 Å². The lowest BCUT2D eigenvalue weighted by atomic mass is 10.1. The van der Waals surface area contributed by atoms with E-state index in [-0.39, 0.29) is 0 Å². The van der Waals surface area contributed by atoms with E-state index < -0.39 is 0 Å². The van der Waals surface area contributed by atoms with Gasteiger partial charge >= 0.3 is 0 Å². The minimum absolute atomic E-state index is 0.377. The van der Waals surface area contributed by atoms with E-state index in [1.165, 1.54) is 0 Å². The van der Waals surface area contributed by atoms with Crippen molar-refractivity contribution >= 4 is 21.8 Å². The van der Waals surface area contributed by atoms with Gasteiger partial charge in [0.25, 0.3) is 0 Å². The first-order valence-electron chi connectivity index (χ1n) is 33.3. The van der Waals surface area contributed by atoms with Crippen LogP contribution in [0, 0.1) is 0 Å². The Morgan fingerprint density at radius 2 is 0.485 bits per heavy atom. The average Bonchev–Trinajstić information content (AvgIpc) is 0.773. The second-order valence-corrected chi connectivity index (χ2v) is 22.0. The first kappa shape index (κ1) is 71.7. The van der Waals surface area contributed by atoms with Crippen LogP contribution in [-0.4, -0.2) is 170 Å². The molecule has 20 heteroatoms. The zero-order chi connectivity index (χ0) is 68.0. The summed E-state index contributed by atoms with van der Waals surface area (Å²) in [6, 6.07) is 56.6. The van der Waals surface area contributed by atoms with Crippen LogP contribution in [0.15, 0.2) is 214 Å². The van der Waals surface area contributed by atoms with E-state index in [0.717, 1.165) is 114 Å². The van der Waals surface area contributed by atoms with E-state index in [9.17, 15) is 0 Å². The van der Waals surface area contributed by atoms with Gasteiger partial charge in [-0.2, -0.15) is 0 Å². The first-order valence-corrected chi connectivity index (χ1v) is 33.3. The Kier molecular flexibility index (Phi) is 29.9. The molecule has 0 aliphatic carbocycles. The first-order chi connectivity index (χ1) is 49.0. The molecule has 0 aliphatic rings. The van der Waals surface area contributed by atoms with Crippen molar-refractivity contribution in [2.75, 3.05) is 145 Å². The number of ether oxygens (including phenoxy) is 15. The third kappa shape index (κ3) is 24.5. The molecule has 0 aliphatic heterocycles. The highest BCUT2D eigenvalue weighted by Crippen LogP contribution is 2.31. The molecule has 5 aromatic heterocycles. The highest BCUT2D eigenvalue weighted by molar-refractivity contribution is 6.04. The van der Waals surface area contributed by atoms with Crippen LogP contribution in [0.5, 0.6) is 46.0 Å². The van der Waals surface area contributed by atoms with Crippen LogP contribution in [-0.2, 0) is 33.2 Å². The molecule has 10 rings (SSSR count). The molecular weight excluding hydrogens is 1260 g/mol. The standard InChI is InChI=1S/C79H85N5O15/c1-3-5-36-92-66-22-24-67(25-23-66)96-54-48-87-41-39-85-38-40-86-46-52-94-64-18-12-60(13-19-64)72-32-16-62-10-11-63-17-33-73(84-79(63)78(62)83-72)61-14-20-65(21-15-61)95-53-47-88-42-43-89-49-55-97-68-26-28-69(29-27-68)98-56-50-90-44-45-91-51-57-99-71-31-35-75(81-59-71)77-9-7-8-76(82-77)74-34-30-70(58-80-74)93-37-6-4-2/h3-4,7-35,58-59H,1-2,5-6,36-57H2. The zero-order valence-electron chi connectivity index (χ0n) is 55.8. The van der Waals surface area contributed by atoms with Crippen molar-refractivity contribution in [3.63, 3.8) is 0 Å². The van der Waals surface area contributed by atoms with Gasteiger partial charge in [-0.1, -0.05) is 42.5 Å². The monoisotopic (exact) mass is 1340 g/mol. The molecule has 0 saturated heterocycles. The van der Waals surface area contributed by atoms with Crippen molar-refractivity contribution in [2.45, 2.75) is 12.8 Å². The molecule has 516 valence electrons. The van der Waals surface area contributed by atoms with Crippen LogP contribution in [0.1, 0.15) is 12.8 Å². The molecule has 0 saturated carbocycles. The number of hydrogen-bond acceptors (Lipinski definition) is 20. The summed E-state index contributed by atoms with van der Waals surface area (Å²) in [6.45, 7) is 17.3. The molecule has 0 unspecified atom stereocenters. The van der Waals surface area contributed by atoms with E-state index >= 15 is 0 Å². The maximum atomic E-state index is 5.98. The molecule has 0 amide bonds. The van der Waals surface area contributed by atoms with Crippen LogP contribution >= 0.6 is 0 Å². The quantitative estimate of drug-likeness (QED) is 0.0198. The number of benzene rings is 5. The molecule has 99 heavy (non-hydrogen) atoms. The summed E-state index contributed by atoms with van der Waals surface area (Å²) >= 11 is 0. The minimum atomic E-state index is 0.377. The summed E-state index contributed by atoms with van der Waals surface area (Å²) in [5.74, 6) is 5.86. The Balaban J connectivity index is 0.519. The predicted octanol–water partition coefficient (Wildman–Crippen LogP) is 14.0. The van der Waals surface area contributed by atoms with Crippen LogP contribution in [0.4, 0.5) is 0 Å². The molecular formula is C79H85N5O15. The normalized spacial score (nSPS) is 11.2. The van der Waals surface area contributed by atoms with Gasteiger partial charge in [-0.05, 0) is 158 Å². The van der Waals surface area contributed by atoms with Crippen molar-refractivity contribution in [1.82, 2.24) is 24.9 Å². The van der Waals surface area contributed by atoms with E-state index in [2.05, 4.69) is 47.4 Å². The van der Waals surface area contributed by atoms with Gasteiger partial charge in [-0.3, -0.25) is 9.97 Å². The minimum Gasteiger partial charge on any atom is -0.493 e. The van der Waals surface area contributed by atoms with Crippen molar-refractivity contribution < 1.29 is 71.1 Å². The fraction of sp³-hybridized carbons (Fsp3) is 0.304. The van der Waals surface area contributed by atoms with Gasteiger partial charge < -0.3 is 71.1 Å². The Labute approximate surface area is 578 Å². The van der Waals surface area contributed by atoms with Crippen LogP contribution < -0.4 is 37.9 Å². The Morgan fingerprint density at radius 1 is 0.232 bits per heavy atom. The van der Waals surface area contributed by atoms with Gasteiger partial charge in [0.1, 0.15) is 85.6 Å². The molecule has 0 N–H and O–H groups in total. The van der Waals surface area contributed by atoms with Crippen molar-refractivity contribution in [3.05, 3.63) is 214 Å². The SMILES string of the molecule is C=CCCOc1ccc(OCCOCCOCCOCCOc2ccc(-c3ccc4ccc5ccc(-c6ccc(OCCOCCOCCOc7ccc(OCCOCCOCCOc8ccc(-c9cccc(-c%10ccc(OCCC=C)cn%10)n9)nc8)cc7)cc6)nc5c4n3)cc2)cc1. The van der Waals surface area contributed by atoms with Crippen molar-refractivity contribution in [3.8, 4) is 91.3 Å². The molecule has 5 heterocycles. The molecule has 0 fully saturated rings. The Bertz CT molecular complexity index is 3960. The highest BCUT2D eigenvalue weighted by Gasteiger charge is 2.12. The molecule has 5 aromatic carbocycles. The Hall–Kier alpha value is -10.0. The lowest BCUT2D eigenvalue weighted by Gasteiger charge is -2.11. The molecule has 20 nitrogen and oxygen atoms in total. The van der Waals surface area contributed by atoms with Crippen LogP contribution in [0.25, 0.3) is 67.1 Å². The van der Waals surface area contributed by atoms with Gasteiger partial charge in [0.2, 0.25) is 0 Å². The average molecular weight is 1340 g/mol. The fourth-order valence-corrected chi connectivity index (χ4v) is 9.77. The number of fused-ring (bicyclic) bond motifs is 3. The fourth-order valence-electron chi connectivity index (χ4n) is 9.77. The molecule has 10 aromatic rings. The molecule has 0 spiro atoms. The third-order valence-corrected chi connectivity index (χ3v) is 14.9. The number of hydrogen-bond donors (Lipinski definition) is 0. The topological polar surface area (TPSA) is 203 Å². The highest BCUT2D eigenvalue weighted by atomic mass is 16.6. The third-order valence-electron chi connectivity index (χ3n) is 14.9. The summed E-state index contributed by atoms with van der Waals surface area (Å²) in [5, 5.41) is 2.02. The second-order valence-electron chi connectivity index (χ2n) is 22.0. The van der Waals surface area contributed by atoms with E-state index in [1.807, 2.05) is 164 Å². The van der Waals surface area contributed by atoms with Gasteiger partial charge in [0, 0.05) is 21.9 Å². The maximum Gasteiger partial charge on any atom is 0.137 e. The molecule has 0 bridgehead atoms. The number of rotatable bonds is 48. The summed E-state index contributed by atoms with van der Waals surface area (Å²) in [7, 11) is 0. The van der Waals surface area contributed by atoms with E-state index in [4.69, 9.17) is 86.0 Å². The number of aromatic nitrogens is 5. The van der Waals surface area contributed by atoms with Crippen LogP contribution in [0.3, 0.4) is 0 Å². The maximum absolute atomic E-state index is 5.98. The summed E-state index contributed by atoms with van der Waals surface area (Å²) in [6.07, 6.45) is 8.61. The number of nitrogens with zero attached hydrogens (tertiary/aromatic N) is 5. The predicted molar refractivity (Wildman–Crippen MR) is 381 cm³/mol. The van der Waals surface area contributed by atoms with Crippen molar-refractivity contribution in [1.29, 1.82) is 0 Å². The zero-order valence-corrected chi connectivity index (χ0v) is 55.8.